The molecule has 0 bridgehead atoms. The van der Waals surface area contributed by atoms with Crippen molar-refractivity contribution in [1.29, 1.82) is 0 Å². The van der Waals surface area contributed by atoms with Gasteiger partial charge in [-0.1, -0.05) is 26.0 Å². The molecule has 2 atom stereocenters. The second kappa shape index (κ2) is 11.1. The first kappa shape index (κ1) is 27.4. The topological polar surface area (TPSA) is 97.1 Å². The minimum atomic E-state index is -4.96. The van der Waals surface area contributed by atoms with E-state index in [2.05, 4.69) is 14.9 Å². The number of alkyl halides is 3. The fourth-order valence-corrected chi connectivity index (χ4v) is 4.99. The van der Waals surface area contributed by atoms with E-state index >= 15 is 0 Å². The van der Waals surface area contributed by atoms with Crippen LogP contribution in [0.1, 0.15) is 32.3 Å². The number of nitrogens with zero attached hydrogens (tertiary/aromatic N) is 2. The van der Waals surface area contributed by atoms with Crippen molar-refractivity contribution in [2.24, 2.45) is 17.8 Å². The highest BCUT2D eigenvalue weighted by atomic mass is 32.2. The molecule has 1 saturated heterocycles. The van der Waals surface area contributed by atoms with Crippen molar-refractivity contribution >= 4 is 27.3 Å². The molecule has 2 amide bonds. The van der Waals surface area contributed by atoms with Gasteiger partial charge in [0.05, 0.1) is 24.2 Å². The SMILES string of the molecule is [C-]#[N+]c1ccc(CNC(=O)[C@@H]2CCCN(C(=O)[C@H](CS(C)(=O)=O)C(C)C)C2)c(OC(F)(F)F)c1. The van der Waals surface area contributed by atoms with E-state index < -0.39 is 39.7 Å². The monoisotopic (exact) mass is 503 g/mol. The van der Waals surface area contributed by atoms with Crippen molar-refractivity contribution in [3.05, 3.63) is 35.2 Å². The lowest BCUT2D eigenvalue weighted by Gasteiger charge is -2.35. The maximum absolute atomic E-state index is 13.0. The van der Waals surface area contributed by atoms with Crippen molar-refractivity contribution in [2.45, 2.75) is 39.6 Å². The second-order valence-electron chi connectivity index (χ2n) is 8.74. The molecule has 188 valence electrons. The number of carbonyl (C=O) groups is 2. The van der Waals surface area contributed by atoms with E-state index in [-0.39, 0.29) is 41.9 Å². The van der Waals surface area contributed by atoms with Crippen LogP contribution in [-0.4, -0.2) is 56.6 Å². The van der Waals surface area contributed by atoms with Gasteiger partial charge in [-0.3, -0.25) is 9.59 Å². The van der Waals surface area contributed by atoms with Crippen LogP contribution in [0.25, 0.3) is 4.85 Å². The van der Waals surface area contributed by atoms with Crippen LogP contribution in [0.2, 0.25) is 0 Å². The van der Waals surface area contributed by atoms with Gasteiger partial charge in [0.2, 0.25) is 11.8 Å². The van der Waals surface area contributed by atoms with Gasteiger partial charge < -0.3 is 15.0 Å². The van der Waals surface area contributed by atoms with Gasteiger partial charge >= 0.3 is 6.36 Å². The van der Waals surface area contributed by atoms with Gasteiger partial charge in [0.1, 0.15) is 15.6 Å². The third kappa shape index (κ3) is 8.20. The van der Waals surface area contributed by atoms with E-state index in [1.165, 1.54) is 17.0 Å². The van der Waals surface area contributed by atoms with Crippen LogP contribution in [0, 0.1) is 24.3 Å². The molecule has 1 fully saturated rings. The standard InChI is InChI=1S/C22H28F3N3O5S/c1-14(2)18(13-34(4,31)32)21(30)28-9-5-6-16(12-28)20(29)27-11-15-7-8-17(26-3)10-19(15)33-22(23,24)25/h7-8,10,14,16,18H,5-6,9,11-13H2,1-2,4H3,(H,27,29)/t16-,18-/m1/s1. The van der Waals surface area contributed by atoms with Crippen molar-refractivity contribution in [2.75, 3.05) is 25.1 Å². The van der Waals surface area contributed by atoms with Gasteiger partial charge in [0.25, 0.3) is 0 Å². The summed E-state index contributed by atoms with van der Waals surface area (Å²) in [5.41, 5.74) is 0.0133. The Hall–Kier alpha value is -2.81. The van der Waals surface area contributed by atoms with Crippen LogP contribution in [0.3, 0.4) is 0 Å². The maximum Gasteiger partial charge on any atom is 0.573 e. The van der Waals surface area contributed by atoms with Crippen LogP contribution >= 0.6 is 0 Å². The summed E-state index contributed by atoms with van der Waals surface area (Å²) >= 11 is 0. The molecular formula is C22H28F3N3O5S. The molecule has 0 saturated carbocycles. The van der Waals surface area contributed by atoms with Crippen molar-refractivity contribution in [3.8, 4) is 5.75 Å². The Bertz CT molecular complexity index is 1050. The molecule has 12 heteroatoms. The third-order valence-corrected chi connectivity index (χ3v) is 6.53. The van der Waals surface area contributed by atoms with Gasteiger partial charge in [-0.15, -0.1) is 13.2 Å². The molecule has 34 heavy (non-hydrogen) atoms. The molecule has 0 radical (unpaired) electrons. The third-order valence-electron chi connectivity index (χ3n) is 5.57. The van der Waals surface area contributed by atoms with Gasteiger partial charge in [-0.05, 0) is 24.8 Å². The zero-order valence-electron chi connectivity index (χ0n) is 19.2. The summed E-state index contributed by atoms with van der Waals surface area (Å²) in [6.07, 6.45) is -2.86. The minimum Gasteiger partial charge on any atom is -0.407 e. The van der Waals surface area contributed by atoms with E-state index in [0.29, 0.717) is 19.4 Å². The highest BCUT2D eigenvalue weighted by Crippen LogP contribution is 2.30. The predicted molar refractivity (Wildman–Crippen MR) is 119 cm³/mol. The Morgan fingerprint density at radius 1 is 1.32 bits per heavy atom. The summed E-state index contributed by atoms with van der Waals surface area (Å²) in [6.45, 7) is 10.7. The number of halogens is 3. The molecule has 0 aliphatic carbocycles. The molecule has 0 aromatic heterocycles. The van der Waals surface area contributed by atoms with Crippen LogP contribution in [-0.2, 0) is 26.0 Å². The Morgan fingerprint density at radius 3 is 2.56 bits per heavy atom. The number of carbonyl (C=O) groups excluding carboxylic acids is 2. The zero-order chi connectivity index (χ0) is 25.7. The minimum absolute atomic E-state index is 0.0374. The summed E-state index contributed by atoms with van der Waals surface area (Å²) in [6, 6.07) is 3.56. The highest BCUT2D eigenvalue weighted by molar-refractivity contribution is 7.90. The van der Waals surface area contributed by atoms with E-state index in [0.717, 1.165) is 12.3 Å². The number of benzene rings is 1. The number of sulfone groups is 1. The van der Waals surface area contributed by atoms with Gasteiger partial charge in [0.15, 0.2) is 5.69 Å². The van der Waals surface area contributed by atoms with Crippen molar-refractivity contribution in [1.82, 2.24) is 10.2 Å². The fourth-order valence-electron chi connectivity index (χ4n) is 3.81. The molecule has 1 aromatic carbocycles. The summed E-state index contributed by atoms with van der Waals surface area (Å²) in [4.78, 5) is 30.3. The normalized spacial score (nSPS) is 17.7. The fraction of sp³-hybridized carbons (Fsp3) is 0.591. The van der Waals surface area contributed by atoms with E-state index in [1.807, 2.05) is 0 Å². The number of piperidine rings is 1. The van der Waals surface area contributed by atoms with Crippen LogP contribution in [0.4, 0.5) is 18.9 Å². The first-order valence-corrected chi connectivity index (χ1v) is 12.8. The number of rotatable bonds is 8. The first-order valence-electron chi connectivity index (χ1n) is 10.7. The van der Waals surface area contributed by atoms with Crippen LogP contribution < -0.4 is 10.1 Å². The smallest absolute Gasteiger partial charge is 0.407 e. The molecule has 1 aromatic rings. The average molecular weight is 504 g/mol. The zero-order valence-corrected chi connectivity index (χ0v) is 20.0. The molecule has 0 unspecified atom stereocenters. The quantitative estimate of drug-likeness (QED) is 0.549. The summed E-state index contributed by atoms with van der Waals surface area (Å²) in [5.74, 6) is -3.12. The maximum atomic E-state index is 13.0. The van der Waals surface area contributed by atoms with E-state index in [9.17, 15) is 31.2 Å². The Morgan fingerprint density at radius 2 is 2.00 bits per heavy atom. The number of likely N-dealkylation sites (tertiary alicyclic amines) is 1. The molecular weight excluding hydrogens is 475 g/mol. The van der Waals surface area contributed by atoms with Gasteiger partial charge in [-0.2, -0.15) is 0 Å². The van der Waals surface area contributed by atoms with Crippen molar-refractivity contribution < 1.29 is 35.9 Å². The van der Waals surface area contributed by atoms with E-state index in [1.54, 1.807) is 13.8 Å². The molecule has 0 spiro atoms. The summed E-state index contributed by atoms with van der Waals surface area (Å²) in [5, 5.41) is 2.58. The lowest BCUT2D eigenvalue weighted by molar-refractivity contribution is -0.274. The molecule has 1 heterocycles. The number of nitrogens with one attached hydrogen (secondary N) is 1. The predicted octanol–water partition coefficient (Wildman–Crippen LogP) is 3.31. The largest absolute Gasteiger partial charge is 0.573 e. The molecule has 8 nitrogen and oxygen atoms in total. The highest BCUT2D eigenvalue weighted by Gasteiger charge is 2.35. The number of ether oxygens (including phenoxy) is 1. The van der Waals surface area contributed by atoms with Gasteiger partial charge in [-0.25, -0.2) is 13.3 Å². The molecule has 1 N–H and O–H groups in total. The Labute approximate surface area is 197 Å². The Balaban J connectivity index is 2.07. The van der Waals surface area contributed by atoms with Crippen LogP contribution in [0.5, 0.6) is 5.75 Å². The molecule has 1 aliphatic rings. The average Bonchev–Trinajstić information content (AvgIpc) is 2.74. The van der Waals surface area contributed by atoms with Gasteiger partial charge in [0, 0.05) is 31.5 Å². The number of hydrogen-bond acceptors (Lipinski definition) is 5. The van der Waals surface area contributed by atoms with E-state index in [4.69, 9.17) is 6.57 Å². The molecule has 2 rings (SSSR count). The summed E-state index contributed by atoms with van der Waals surface area (Å²) < 4.78 is 65.7. The lowest BCUT2D eigenvalue weighted by Crippen LogP contribution is -2.49. The van der Waals surface area contributed by atoms with Crippen LogP contribution in [0.15, 0.2) is 18.2 Å². The number of hydrogen-bond donors (Lipinski definition) is 1. The Kier molecular flexibility index (Phi) is 8.94. The first-order chi connectivity index (χ1) is 15.7. The number of amides is 2. The van der Waals surface area contributed by atoms with Crippen molar-refractivity contribution in [3.63, 3.8) is 0 Å². The lowest BCUT2D eigenvalue weighted by atomic mass is 9.92. The summed E-state index contributed by atoms with van der Waals surface area (Å²) in [7, 11) is -3.38. The second-order valence-corrected chi connectivity index (χ2v) is 10.9. The molecule has 1 aliphatic heterocycles.